The lowest BCUT2D eigenvalue weighted by molar-refractivity contribution is 1.32. The highest BCUT2D eigenvalue weighted by Crippen LogP contribution is 1.87. The monoisotopic (exact) mass is 112 g/mol. The zero-order valence-corrected chi connectivity index (χ0v) is 5.60. The molecule has 0 aliphatic heterocycles. The molecule has 46 valence electrons. The van der Waals surface area contributed by atoms with Crippen molar-refractivity contribution in [2.45, 2.75) is 20.8 Å². The summed E-state index contributed by atoms with van der Waals surface area (Å²) in [6, 6.07) is 0. The van der Waals surface area contributed by atoms with Gasteiger partial charge in [-0.3, -0.25) is 0 Å². The summed E-state index contributed by atoms with van der Waals surface area (Å²) in [7, 11) is 0. The lowest BCUT2D eigenvalue weighted by atomic mass is 10.4. The van der Waals surface area contributed by atoms with Crippen molar-refractivity contribution in [2.75, 3.05) is 0 Å². The van der Waals surface area contributed by atoms with Crippen molar-refractivity contribution in [2.24, 2.45) is 10.7 Å². The summed E-state index contributed by atoms with van der Waals surface area (Å²) in [5.41, 5.74) is 6.41. The van der Waals surface area contributed by atoms with E-state index >= 15 is 0 Å². The van der Waals surface area contributed by atoms with E-state index in [1.807, 2.05) is 13.8 Å². The number of allylic oxidation sites excluding steroid dienone is 1. The van der Waals surface area contributed by atoms with E-state index in [2.05, 4.69) is 4.99 Å². The van der Waals surface area contributed by atoms with Crippen LogP contribution >= 0.6 is 0 Å². The molecule has 0 saturated carbocycles. The highest BCUT2D eigenvalue weighted by atomic mass is 14.8. The predicted octanol–water partition coefficient (Wildman–Crippen LogP) is 1.29. The van der Waals surface area contributed by atoms with Gasteiger partial charge in [-0.05, 0) is 20.8 Å². The Bertz CT molecular complexity index is 98.5. The molecule has 0 aromatic heterocycles. The van der Waals surface area contributed by atoms with Crippen molar-refractivity contribution in [3.05, 3.63) is 11.8 Å². The topological polar surface area (TPSA) is 38.4 Å². The Morgan fingerprint density at radius 3 is 2.00 bits per heavy atom. The zero-order valence-electron chi connectivity index (χ0n) is 5.60. The van der Waals surface area contributed by atoms with E-state index in [9.17, 15) is 0 Å². The standard InChI is InChI=1S/C6H12N2/c1-5(2)4-8-6(3)7/h4H,1-3H3,(H2,7,8). The largest absolute Gasteiger partial charge is 0.387 e. The van der Waals surface area contributed by atoms with Crippen molar-refractivity contribution >= 4 is 5.84 Å². The molecule has 0 aliphatic rings. The van der Waals surface area contributed by atoms with E-state index in [4.69, 9.17) is 5.73 Å². The Balaban J connectivity index is 3.76. The fraction of sp³-hybridized carbons (Fsp3) is 0.500. The van der Waals surface area contributed by atoms with Crippen LogP contribution in [0.2, 0.25) is 0 Å². The van der Waals surface area contributed by atoms with Gasteiger partial charge in [0.05, 0.1) is 5.84 Å². The number of hydrogen-bond acceptors (Lipinski definition) is 1. The van der Waals surface area contributed by atoms with Crippen molar-refractivity contribution < 1.29 is 0 Å². The number of nitrogens with two attached hydrogens (primary N) is 1. The molecule has 0 unspecified atom stereocenters. The molecule has 8 heavy (non-hydrogen) atoms. The summed E-state index contributed by atoms with van der Waals surface area (Å²) in [6.45, 7) is 5.72. The summed E-state index contributed by atoms with van der Waals surface area (Å²) >= 11 is 0. The Morgan fingerprint density at radius 2 is 1.88 bits per heavy atom. The van der Waals surface area contributed by atoms with Crippen molar-refractivity contribution in [3.8, 4) is 0 Å². The summed E-state index contributed by atoms with van der Waals surface area (Å²) < 4.78 is 0. The molecule has 2 nitrogen and oxygen atoms in total. The second-order valence-electron chi connectivity index (χ2n) is 1.98. The average Bonchev–Trinajstić information content (AvgIpc) is 1.61. The molecule has 0 saturated heterocycles. The van der Waals surface area contributed by atoms with E-state index in [0.29, 0.717) is 5.84 Å². The Kier molecular flexibility index (Phi) is 2.92. The van der Waals surface area contributed by atoms with Gasteiger partial charge in [-0.15, -0.1) is 0 Å². The summed E-state index contributed by atoms with van der Waals surface area (Å²) in [6.07, 6.45) is 1.75. The minimum atomic E-state index is 0.603. The van der Waals surface area contributed by atoms with Crippen LogP contribution in [-0.2, 0) is 0 Å². The van der Waals surface area contributed by atoms with Crippen LogP contribution in [0.25, 0.3) is 0 Å². The number of hydrogen-bond donors (Lipinski definition) is 1. The van der Waals surface area contributed by atoms with Gasteiger partial charge < -0.3 is 5.73 Å². The highest BCUT2D eigenvalue weighted by Gasteiger charge is 1.73. The van der Waals surface area contributed by atoms with Gasteiger partial charge in [-0.1, -0.05) is 5.57 Å². The molecular weight excluding hydrogens is 100 g/mol. The van der Waals surface area contributed by atoms with Gasteiger partial charge in [0.2, 0.25) is 0 Å². The first-order valence-electron chi connectivity index (χ1n) is 2.56. The van der Waals surface area contributed by atoms with E-state index < -0.39 is 0 Å². The summed E-state index contributed by atoms with van der Waals surface area (Å²) in [5, 5.41) is 0. The summed E-state index contributed by atoms with van der Waals surface area (Å²) in [5.74, 6) is 0.603. The van der Waals surface area contributed by atoms with Crippen LogP contribution in [0.5, 0.6) is 0 Å². The first-order chi connectivity index (χ1) is 3.63. The SMILES string of the molecule is CC(C)=CN=C(C)N. The molecule has 0 bridgehead atoms. The molecule has 0 rings (SSSR count). The normalized spacial score (nSPS) is 11.1. The van der Waals surface area contributed by atoms with Crippen molar-refractivity contribution in [1.29, 1.82) is 0 Å². The minimum Gasteiger partial charge on any atom is -0.387 e. The Labute approximate surface area is 50.1 Å². The Hall–Kier alpha value is -0.790. The maximum Gasteiger partial charge on any atom is 0.0957 e. The van der Waals surface area contributed by atoms with Gasteiger partial charge in [0.15, 0.2) is 0 Å². The van der Waals surface area contributed by atoms with Gasteiger partial charge in [0.25, 0.3) is 0 Å². The van der Waals surface area contributed by atoms with Crippen LogP contribution in [0.15, 0.2) is 16.8 Å². The van der Waals surface area contributed by atoms with Gasteiger partial charge in [0.1, 0.15) is 0 Å². The first-order valence-corrected chi connectivity index (χ1v) is 2.56. The smallest absolute Gasteiger partial charge is 0.0957 e. The number of aliphatic imine (C=N–C) groups is 1. The maximum atomic E-state index is 5.25. The van der Waals surface area contributed by atoms with Gasteiger partial charge in [-0.2, -0.15) is 0 Å². The van der Waals surface area contributed by atoms with Crippen LogP contribution in [-0.4, -0.2) is 5.84 Å². The van der Waals surface area contributed by atoms with Gasteiger partial charge in [-0.25, -0.2) is 4.99 Å². The predicted molar refractivity (Wildman–Crippen MR) is 36.7 cm³/mol. The minimum absolute atomic E-state index is 0.603. The van der Waals surface area contributed by atoms with E-state index in [1.165, 1.54) is 0 Å². The molecule has 0 aromatic carbocycles. The second kappa shape index (κ2) is 3.24. The molecule has 0 amide bonds. The van der Waals surface area contributed by atoms with E-state index in [1.54, 1.807) is 13.1 Å². The number of amidine groups is 1. The summed E-state index contributed by atoms with van der Waals surface area (Å²) in [4.78, 5) is 3.86. The van der Waals surface area contributed by atoms with E-state index in [0.717, 1.165) is 5.57 Å². The van der Waals surface area contributed by atoms with Crippen LogP contribution in [0, 0.1) is 0 Å². The molecule has 0 atom stereocenters. The lowest BCUT2D eigenvalue weighted by Gasteiger charge is -1.84. The fourth-order valence-corrected chi connectivity index (χ4v) is 0.231. The molecule has 0 heterocycles. The van der Waals surface area contributed by atoms with Crippen LogP contribution in [0.4, 0.5) is 0 Å². The molecule has 0 aromatic rings. The Morgan fingerprint density at radius 1 is 1.38 bits per heavy atom. The molecule has 0 fully saturated rings. The van der Waals surface area contributed by atoms with Gasteiger partial charge in [0, 0.05) is 6.20 Å². The van der Waals surface area contributed by atoms with Crippen molar-refractivity contribution in [3.63, 3.8) is 0 Å². The molecule has 0 aliphatic carbocycles. The van der Waals surface area contributed by atoms with Gasteiger partial charge >= 0.3 is 0 Å². The third kappa shape index (κ3) is 5.21. The molecule has 0 radical (unpaired) electrons. The fourth-order valence-electron chi connectivity index (χ4n) is 0.231. The van der Waals surface area contributed by atoms with Crippen molar-refractivity contribution in [1.82, 2.24) is 0 Å². The highest BCUT2D eigenvalue weighted by molar-refractivity contribution is 5.77. The zero-order chi connectivity index (χ0) is 6.57. The third-order valence-electron chi connectivity index (χ3n) is 0.526. The second-order valence-corrected chi connectivity index (χ2v) is 1.98. The van der Waals surface area contributed by atoms with Crippen LogP contribution < -0.4 is 5.73 Å². The van der Waals surface area contributed by atoms with Crippen LogP contribution in [0.1, 0.15) is 20.8 Å². The molecule has 2 heteroatoms. The quantitative estimate of drug-likeness (QED) is 0.403. The van der Waals surface area contributed by atoms with E-state index in [-0.39, 0.29) is 0 Å². The number of rotatable bonds is 1. The average molecular weight is 112 g/mol. The molecule has 2 N–H and O–H groups in total. The number of nitrogens with zero attached hydrogens (tertiary/aromatic N) is 1. The third-order valence-corrected chi connectivity index (χ3v) is 0.526. The molecular formula is C6H12N2. The maximum absolute atomic E-state index is 5.25. The lowest BCUT2D eigenvalue weighted by Crippen LogP contribution is -2.03. The van der Waals surface area contributed by atoms with Crippen LogP contribution in [0.3, 0.4) is 0 Å². The first kappa shape index (κ1) is 7.21. The molecule has 0 spiro atoms.